The lowest BCUT2D eigenvalue weighted by molar-refractivity contribution is -0.0471. The van der Waals surface area contributed by atoms with Crippen molar-refractivity contribution in [1.29, 1.82) is 0 Å². The van der Waals surface area contributed by atoms with Gasteiger partial charge in [-0.05, 0) is 30.2 Å². The molecule has 38 heavy (non-hydrogen) atoms. The highest BCUT2D eigenvalue weighted by molar-refractivity contribution is 7.90. The number of carbonyl (C=O) groups is 1. The summed E-state index contributed by atoms with van der Waals surface area (Å²) >= 11 is 0. The highest BCUT2D eigenvalue weighted by Gasteiger charge is 2.50. The van der Waals surface area contributed by atoms with Crippen molar-refractivity contribution in [2.45, 2.75) is 31.8 Å². The highest BCUT2D eigenvalue weighted by Crippen LogP contribution is 2.29. The summed E-state index contributed by atoms with van der Waals surface area (Å²) in [6, 6.07) is 5.95. The number of ether oxygens (including phenoxy) is 1. The third-order valence-electron chi connectivity index (χ3n) is 6.25. The zero-order valence-electron chi connectivity index (χ0n) is 20.0. The van der Waals surface area contributed by atoms with Crippen molar-refractivity contribution in [3.05, 3.63) is 58.8 Å². The summed E-state index contributed by atoms with van der Waals surface area (Å²) in [6.07, 6.45) is 3.54. The van der Waals surface area contributed by atoms with Crippen molar-refractivity contribution < 1.29 is 35.5 Å². The largest absolute Gasteiger partial charge is 0.516 e. The number of pyridine rings is 1. The Bertz CT molecular complexity index is 1550. The average molecular weight is 555 g/mol. The second-order valence-corrected chi connectivity index (χ2v) is 10.5. The molecule has 2 aromatic heterocycles. The molecule has 1 amide bonds. The number of hydrogen-bond acceptors (Lipinski definition) is 7. The van der Waals surface area contributed by atoms with Gasteiger partial charge in [0.15, 0.2) is 0 Å². The number of rotatable bonds is 6. The lowest BCUT2D eigenvalue weighted by Gasteiger charge is -2.29. The van der Waals surface area contributed by atoms with Gasteiger partial charge in [-0.25, -0.2) is 13.7 Å². The fourth-order valence-corrected chi connectivity index (χ4v) is 5.06. The summed E-state index contributed by atoms with van der Waals surface area (Å²) in [4.78, 5) is 17.6. The second-order valence-electron chi connectivity index (χ2n) is 8.63. The van der Waals surface area contributed by atoms with E-state index in [4.69, 9.17) is 4.74 Å². The smallest absolute Gasteiger partial charge is 0.491 e. The molecule has 0 aliphatic carbocycles. The third kappa shape index (κ3) is 4.50. The van der Waals surface area contributed by atoms with Crippen LogP contribution in [0.3, 0.4) is 0 Å². The van der Waals surface area contributed by atoms with Gasteiger partial charge in [0.05, 0.1) is 37.3 Å². The Labute approximate surface area is 214 Å². The quantitative estimate of drug-likeness (QED) is 0.470. The summed E-state index contributed by atoms with van der Waals surface area (Å²) in [5, 5.41) is 7.49. The minimum atomic E-state index is -5.57. The number of nitrogens with zero attached hydrogens (tertiary/aromatic N) is 5. The number of aromatic nitrogens is 2. The lowest BCUT2D eigenvalue weighted by atomic mass is 10.1. The van der Waals surface area contributed by atoms with Crippen LogP contribution in [0.1, 0.15) is 34.2 Å². The Morgan fingerprint density at radius 3 is 2.66 bits per heavy atom. The summed E-state index contributed by atoms with van der Waals surface area (Å²) in [6.45, 7) is 1.60. The normalized spacial score (nSPS) is 15.6. The van der Waals surface area contributed by atoms with Crippen LogP contribution in [0.2, 0.25) is 0 Å². The molecule has 2 aliphatic heterocycles. The van der Waals surface area contributed by atoms with Crippen molar-refractivity contribution in [3.63, 3.8) is 0 Å². The summed E-state index contributed by atoms with van der Waals surface area (Å²) < 4.78 is 83.4. The summed E-state index contributed by atoms with van der Waals surface area (Å²) in [5.41, 5.74) is -2.46. The van der Waals surface area contributed by atoms with E-state index in [-0.39, 0.29) is 23.1 Å². The number of hydrogen-bond donors (Lipinski definition) is 1. The van der Waals surface area contributed by atoms with Gasteiger partial charge in [-0.1, -0.05) is 13.0 Å². The molecule has 0 saturated heterocycles. The number of nitrogens with one attached hydrogen (secondary N) is 1. The fraction of sp³-hybridized carbons (Fsp3) is 0.348. The van der Waals surface area contributed by atoms with Crippen molar-refractivity contribution in [3.8, 4) is 5.75 Å². The Morgan fingerprint density at radius 2 is 2.00 bits per heavy atom. The predicted octanol–water partition coefficient (Wildman–Crippen LogP) is 2.82. The monoisotopic (exact) mass is 554 g/mol. The molecule has 10 nitrogen and oxygen atoms in total. The maximum Gasteiger partial charge on any atom is 0.516 e. The highest BCUT2D eigenvalue weighted by atomic mass is 32.2. The van der Waals surface area contributed by atoms with Crippen molar-refractivity contribution >= 4 is 33.6 Å². The van der Waals surface area contributed by atoms with E-state index in [1.54, 1.807) is 10.6 Å². The van der Waals surface area contributed by atoms with Gasteiger partial charge in [0.2, 0.25) is 0 Å². The number of anilines is 1. The van der Waals surface area contributed by atoms with E-state index in [0.29, 0.717) is 47.7 Å². The van der Waals surface area contributed by atoms with Crippen molar-refractivity contribution in [2.24, 2.45) is 5.10 Å². The molecule has 15 heteroatoms. The van der Waals surface area contributed by atoms with Crippen LogP contribution in [-0.2, 0) is 29.4 Å². The first-order valence-corrected chi connectivity index (χ1v) is 13.1. The predicted molar refractivity (Wildman–Crippen MR) is 129 cm³/mol. The number of imidazole rings is 1. The molecule has 202 valence electrons. The Balaban J connectivity index is 1.29. The van der Waals surface area contributed by atoms with Crippen LogP contribution >= 0.6 is 0 Å². The topological polar surface area (TPSA) is 109 Å². The molecule has 0 fully saturated rings. The first kappa shape index (κ1) is 25.8. The molecule has 2 aliphatic rings. The van der Waals surface area contributed by atoms with Gasteiger partial charge >= 0.3 is 15.5 Å². The van der Waals surface area contributed by atoms with Gasteiger partial charge in [-0.15, -0.1) is 0 Å². The summed E-state index contributed by atoms with van der Waals surface area (Å²) in [7, 11) is -5.57. The van der Waals surface area contributed by atoms with Gasteiger partial charge in [0.1, 0.15) is 29.2 Å². The molecule has 0 unspecified atom stereocenters. The molecule has 4 heterocycles. The molecule has 0 spiro atoms. The number of amides is 1. The van der Waals surface area contributed by atoms with Crippen LogP contribution < -0.4 is 15.1 Å². The third-order valence-corrected chi connectivity index (χ3v) is 7.73. The number of alkyl halides is 3. The molecule has 3 aromatic rings. The van der Waals surface area contributed by atoms with Crippen LogP contribution in [0.15, 0.2) is 35.6 Å². The van der Waals surface area contributed by atoms with E-state index in [1.807, 2.05) is 13.0 Å². The summed E-state index contributed by atoms with van der Waals surface area (Å²) in [5.74, 6) is -0.440. The minimum absolute atomic E-state index is 0.00522. The molecule has 5 rings (SSSR count). The standard InChI is InChI=1S/C23H22F4N6O4S/c1-2-17-21(32-12-19-15(5-8-37-19)10-20(32)30-17)22(34)28-11-14-3-4-18(16(24)9-14)33-7-6-31(13-29-33)38(35,36)23(25,26)27/h3-4,9-10,12-13H,2,5-8,11H2,1H3,(H,28,34). The number of halogens is 4. The van der Waals surface area contributed by atoms with Crippen LogP contribution in [0.4, 0.5) is 23.2 Å². The van der Waals surface area contributed by atoms with Gasteiger partial charge in [0.25, 0.3) is 5.91 Å². The molecule has 1 aromatic carbocycles. The van der Waals surface area contributed by atoms with E-state index >= 15 is 0 Å². The van der Waals surface area contributed by atoms with Gasteiger partial charge in [-0.3, -0.25) is 14.2 Å². The van der Waals surface area contributed by atoms with E-state index < -0.39 is 33.8 Å². The number of benzene rings is 1. The SMILES string of the molecule is CCc1nc2cc3c(cn2c1C(=O)NCc1ccc(N2CCN(S(=O)(=O)C(F)(F)F)C=N2)c(F)c1)OCC3. The zero-order chi connectivity index (χ0) is 27.2. The molecular formula is C23H22F4N6O4S. The molecule has 0 atom stereocenters. The lowest BCUT2D eigenvalue weighted by Crippen LogP contribution is -2.46. The van der Waals surface area contributed by atoms with Crippen LogP contribution in [0.25, 0.3) is 5.65 Å². The van der Waals surface area contributed by atoms with E-state index in [2.05, 4.69) is 15.4 Å². The fourth-order valence-electron chi connectivity index (χ4n) is 4.30. The van der Waals surface area contributed by atoms with E-state index in [1.165, 1.54) is 18.2 Å². The molecule has 1 N–H and O–H groups in total. The maximum atomic E-state index is 14.8. The van der Waals surface area contributed by atoms with Crippen LogP contribution in [0, 0.1) is 5.82 Å². The van der Waals surface area contributed by atoms with Crippen LogP contribution in [-0.4, -0.2) is 59.6 Å². The number of carbonyl (C=O) groups excluding carboxylic acids is 1. The number of aryl methyl sites for hydroxylation is 1. The molecule has 0 saturated carbocycles. The number of sulfonamides is 1. The van der Waals surface area contributed by atoms with Gasteiger partial charge in [0, 0.05) is 18.5 Å². The number of fused-ring (bicyclic) bond motifs is 2. The molecule has 0 radical (unpaired) electrons. The second kappa shape index (κ2) is 9.45. The Morgan fingerprint density at radius 1 is 1.21 bits per heavy atom. The minimum Gasteiger partial charge on any atom is -0.491 e. The Kier molecular flexibility index (Phi) is 6.41. The Hall–Kier alpha value is -3.88. The van der Waals surface area contributed by atoms with Crippen molar-refractivity contribution in [2.75, 3.05) is 24.7 Å². The van der Waals surface area contributed by atoms with Gasteiger partial charge in [-0.2, -0.15) is 26.7 Å². The zero-order valence-corrected chi connectivity index (χ0v) is 20.8. The molecule has 0 bridgehead atoms. The average Bonchev–Trinajstić information content (AvgIpc) is 3.48. The maximum absolute atomic E-state index is 14.8. The number of hydrazone groups is 1. The van der Waals surface area contributed by atoms with E-state index in [9.17, 15) is 30.8 Å². The van der Waals surface area contributed by atoms with Gasteiger partial charge < -0.3 is 10.1 Å². The first-order valence-electron chi connectivity index (χ1n) is 11.6. The van der Waals surface area contributed by atoms with Crippen molar-refractivity contribution in [1.82, 2.24) is 19.0 Å². The van der Waals surface area contributed by atoms with E-state index in [0.717, 1.165) is 17.0 Å². The first-order chi connectivity index (χ1) is 18.0. The van der Waals surface area contributed by atoms with Crippen LogP contribution in [0.5, 0.6) is 5.75 Å². The molecular weight excluding hydrogens is 532 g/mol.